The molecule has 0 saturated heterocycles. The quantitative estimate of drug-likeness (QED) is 0.284. The van der Waals surface area contributed by atoms with Gasteiger partial charge in [0.1, 0.15) is 0 Å². The molecule has 0 aromatic carbocycles. The van der Waals surface area contributed by atoms with E-state index in [-0.39, 0.29) is 89.1 Å². The van der Waals surface area contributed by atoms with E-state index >= 15 is 0 Å². The molecular weight excluding hydrogens is 171 g/mol. The Labute approximate surface area is 114 Å². The molecule has 0 heterocycles. The van der Waals surface area contributed by atoms with E-state index < -0.39 is 9.05 Å². The van der Waals surface area contributed by atoms with Gasteiger partial charge >= 0.3 is 98.2 Å². The fourth-order valence-corrected chi connectivity index (χ4v) is 0. The fourth-order valence-electron chi connectivity index (χ4n) is 0. The molecule has 0 atom stereocenters. The van der Waals surface area contributed by atoms with Crippen LogP contribution in [0.4, 0.5) is 0 Å². The summed E-state index contributed by atoms with van der Waals surface area (Å²) >= 11 is 0. The Kier molecular flexibility index (Phi) is 16.7. The maximum absolute atomic E-state index is 7.33. The van der Waals surface area contributed by atoms with Crippen molar-refractivity contribution in [2.75, 3.05) is 0 Å². The van der Waals surface area contributed by atoms with Crippen molar-refractivity contribution in [3.63, 3.8) is 0 Å². The Bertz CT molecular complexity index is 27.2. The topological polar surface area (TPSA) is 80.9 Å². The van der Waals surface area contributed by atoms with Crippen LogP contribution in [0.3, 0.4) is 0 Å². The van der Waals surface area contributed by atoms with Crippen molar-refractivity contribution in [2.45, 2.75) is 0 Å². The normalized spacial score (nSPS) is 8.57. The minimum atomic E-state index is -4.61. The first-order valence-corrected chi connectivity index (χ1v) is 2.68. The van der Waals surface area contributed by atoms with Gasteiger partial charge in [0.05, 0.1) is 0 Å². The molecular formula is H7CaKO4Si. The fraction of sp³-hybridized carbons (Fsp3) is 0. The van der Waals surface area contributed by atoms with Crippen molar-refractivity contribution >= 4 is 98.2 Å². The molecule has 38 valence electrons. The Hall–Kier alpha value is 2.95. The molecule has 0 spiro atoms. The Morgan fingerprint density at radius 1 is 0.857 bits per heavy atom. The van der Waals surface area contributed by atoms with Crippen LogP contribution in [-0.2, 0) is 0 Å². The van der Waals surface area contributed by atoms with Crippen LogP contribution < -0.4 is 0 Å². The van der Waals surface area contributed by atoms with Crippen molar-refractivity contribution in [3.05, 3.63) is 0 Å². The minimum absolute atomic E-state index is 0. The van der Waals surface area contributed by atoms with Gasteiger partial charge in [-0.05, 0) is 0 Å². The van der Waals surface area contributed by atoms with E-state index in [4.69, 9.17) is 19.2 Å². The molecule has 4 nitrogen and oxygen atoms in total. The summed E-state index contributed by atoms with van der Waals surface area (Å²) in [6.07, 6.45) is 0. The zero-order valence-corrected chi connectivity index (χ0v) is 3.29. The van der Waals surface area contributed by atoms with Gasteiger partial charge in [-0.15, -0.1) is 0 Å². The van der Waals surface area contributed by atoms with Gasteiger partial charge < -0.3 is 19.2 Å². The van der Waals surface area contributed by atoms with Gasteiger partial charge in [0.25, 0.3) is 0 Å². The summed E-state index contributed by atoms with van der Waals surface area (Å²) in [7, 11) is -4.61. The van der Waals surface area contributed by atoms with Gasteiger partial charge in [0, 0.05) is 0 Å². The maximum atomic E-state index is 7.33. The summed E-state index contributed by atoms with van der Waals surface area (Å²) < 4.78 is 0. The molecule has 0 rings (SSSR count). The molecule has 7 heteroatoms. The summed E-state index contributed by atoms with van der Waals surface area (Å²) in [5.41, 5.74) is 0. The number of rotatable bonds is 0. The third-order valence-corrected chi connectivity index (χ3v) is 0. The molecule has 0 unspecified atom stereocenters. The van der Waals surface area contributed by atoms with E-state index in [0.717, 1.165) is 0 Å². The summed E-state index contributed by atoms with van der Waals surface area (Å²) in [6.45, 7) is 0. The predicted octanol–water partition coefficient (Wildman–Crippen LogP) is -4.17. The monoisotopic (exact) mass is 178 g/mol. The van der Waals surface area contributed by atoms with Gasteiger partial charge in [-0.25, -0.2) is 0 Å². The third kappa shape index (κ3) is 49.6. The van der Waals surface area contributed by atoms with E-state index in [9.17, 15) is 0 Å². The second kappa shape index (κ2) is 7.06. The average molecular weight is 178 g/mol. The van der Waals surface area contributed by atoms with E-state index in [1.165, 1.54) is 0 Å². The van der Waals surface area contributed by atoms with Crippen LogP contribution in [0, 0.1) is 0 Å². The molecule has 7 heavy (non-hydrogen) atoms. The van der Waals surface area contributed by atoms with Crippen molar-refractivity contribution in [2.24, 2.45) is 0 Å². The van der Waals surface area contributed by atoms with Gasteiger partial charge in [0.15, 0.2) is 0 Å². The molecule has 4 N–H and O–H groups in total. The van der Waals surface area contributed by atoms with E-state index in [1.807, 2.05) is 0 Å². The van der Waals surface area contributed by atoms with Crippen molar-refractivity contribution in [1.29, 1.82) is 0 Å². The first-order chi connectivity index (χ1) is 2.00. The molecule has 0 aromatic heterocycles. The predicted molar refractivity (Wildman–Crippen MR) is 30.3 cm³/mol. The molecule has 0 radical (unpaired) electrons. The third-order valence-electron chi connectivity index (χ3n) is 0. The average Bonchev–Trinajstić information content (AvgIpc) is 0.722. The van der Waals surface area contributed by atoms with Crippen LogP contribution in [0.15, 0.2) is 0 Å². The van der Waals surface area contributed by atoms with Crippen LogP contribution in [-0.4, -0.2) is 117 Å². The first-order valence-electron chi connectivity index (χ1n) is 0.894. The molecule has 0 aliphatic carbocycles. The van der Waals surface area contributed by atoms with Gasteiger partial charge in [-0.2, -0.15) is 0 Å². The zero-order valence-electron chi connectivity index (χ0n) is 2.29. The Morgan fingerprint density at radius 2 is 0.857 bits per heavy atom. The van der Waals surface area contributed by atoms with Crippen molar-refractivity contribution in [3.8, 4) is 0 Å². The van der Waals surface area contributed by atoms with Crippen molar-refractivity contribution < 1.29 is 19.2 Å². The van der Waals surface area contributed by atoms with E-state index in [0.29, 0.717) is 0 Å². The molecule has 0 aliphatic heterocycles. The zero-order chi connectivity index (χ0) is 4.50. The van der Waals surface area contributed by atoms with Crippen LogP contribution in [0.5, 0.6) is 0 Å². The molecule has 0 bridgehead atoms. The second-order valence-corrected chi connectivity index (χ2v) is 1.80. The first kappa shape index (κ1) is 16.5. The summed E-state index contributed by atoms with van der Waals surface area (Å²) in [5, 5.41) is 0. The van der Waals surface area contributed by atoms with E-state index in [2.05, 4.69) is 0 Å². The van der Waals surface area contributed by atoms with Gasteiger partial charge in [-0.1, -0.05) is 0 Å². The molecule has 0 aromatic rings. The molecule has 0 saturated carbocycles. The standard InChI is InChI=1S/Ca.K.H4O4Si.3H/c;;1-5(2,3)4;;;/h;;1-4H;;;. The number of hydrogen-bond donors (Lipinski definition) is 4. The molecule has 0 amide bonds. The van der Waals surface area contributed by atoms with Crippen LogP contribution in [0.2, 0.25) is 0 Å². The van der Waals surface area contributed by atoms with E-state index in [1.54, 1.807) is 0 Å². The second-order valence-electron chi connectivity index (χ2n) is 0.600. The van der Waals surface area contributed by atoms with Crippen LogP contribution in [0.1, 0.15) is 0 Å². The van der Waals surface area contributed by atoms with Gasteiger partial charge in [0.2, 0.25) is 0 Å². The van der Waals surface area contributed by atoms with Crippen molar-refractivity contribution in [1.82, 2.24) is 0 Å². The molecule has 0 fully saturated rings. The van der Waals surface area contributed by atoms with Crippen LogP contribution >= 0.6 is 0 Å². The summed E-state index contributed by atoms with van der Waals surface area (Å²) in [5.74, 6) is 0. The summed E-state index contributed by atoms with van der Waals surface area (Å²) in [6, 6.07) is 0. The molecule has 0 aliphatic rings. The Balaban J connectivity index is -0.0000000800. The van der Waals surface area contributed by atoms with Crippen LogP contribution in [0.25, 0.3) is 0 Å². The SMILES string of the molecule is O[Si](O)(O)O.[CaH2].[KH]. The van der Waals surface area contributed by atoms with Gasteiger partial charge in [-0.3, -0.25) is 0 Å². The summed E-state index contributed by atoms with van der Waals surface area (Å²) in [4.78, 5) is 29.3. The Morgan fingerprint density at radius 3 is 0.857 bits per heavy atom. The number of hydrogen-bond acceptors (Lipinski definition) is 4.